The molecule has 0 saturated heterocycles. The molecule has 3 rings (SSSR count). The van der Waals surface area contributed by atoms with Gasteiger partial charge in [0.15, 0.2) is 0 Å². The van der Waals surface area contributed by atoms with Crippen molar-refractivity contribution >= 4 is 5.91 Å². The first-order valence-corrected chi connectivity index (χ1v) is 8.07. The second-order valence-electron chi connectivity index (χ2n) is 6.23. The number of carbonyl (C=O) groups excluding carboxylic acids is 1. The van der Waals surface area contributed by atoms with Crippen LogP contribution in [0, 0.1) is 6.92 Å². The number of benzene rings is 1. The predicted octanol–water partition coefficient (Wildman–Crippen LogP) is 4.17. The average molecular weight is 349 g/mol. The van der Waals surface area contributed by atoms with Gasteiger partial charge in [0.2, 0.25) is 0 Å². The van der Waals surface area contributed by atoms with Gasteiger partial charge >= 0.3 is 6.18 Å². The lowest BCUT2D eigenvalue weighted by atomic mass is 10.0. The van der Waals surface area contributed by atoms with Crippen molar-refractivity contribution in [1.82, 2.24) is 14.9 Å². The van der Waals surface area contributed by atoms with Crippen LogP contribution < -0.4 is 0 Å². The molecular formula is C18H18F3N3O. The summed E-state index contributed by atoms with van der Waals surface area (Å²) in [5.74, 6) is 0.200. The molecule has 0 spiro atoms. The molecule has 0 radical (unpaired) electrons. The molecule has 1 aromatic carbocycles. The van der Waals surface area contributed by atoms with Gasteiger partial charge in [-0.05, 0) is 50.5 Å². The van der Waals surface area contributed by atoms with Gasteiger partial charge in [0.1, 0.15) is 11.5 Å². The van der Waals surface area contributed by atoms with Crippen molar-refractivity contribution in [3.05, 3.63) is 59.2 Å². The molecule has 7 heteroatoms. The van der Waals surface area contributed by atoms with Crippen LogP contribution >= 0.6 is 0 Å². The van der Waals surface area contributed by atoms with E-state index in [0.717, 1.165) is 25.0 Å². The summed E-state index contributed by atoms with van der Waals surface area (Å²) in [6.07, 6.45) is -1.21. The summed E-state index contributed by atoms with van der Waals surface area (Å²) in [5.41, 5.74) is 0.0111. The summed E-state index contributed by atoms with van der Waals surface area (Å²) >= 11 is 0. The smallest absolute Gasteiger partial charge is 0.328 e. The minimum absolute atomic E-state index is 0.0346. The first-order valence-electron chi connectivity index (χ1n) is 8.07. The number of aryl methyl sites for hydroxylation is 1. The number of halogens is 3. The number of amides is 1. The zero-order chi connectivity index (χ0) is 18.2. The highest BCUT2D eigenvalue weighted by Gasteiger charge is 2.38. The molecule has 1 aliphatic carbocycles. The Balaban J connectivity index is 1.92. The lowest BCUT2D eigenvalue weighted by Gasteiger charge is -2.30. The maximum Gasteiger partial charge on any atom is 0.416 e. The number of alkyl halides is 3. The van der Waals surface area contributed by atoms with Crippen LogP contribution in [0.2, 0.25) is 0 Å². The van der Waals surface area contributed by atoms with Crippen molar-refractivity contribution in [2.75, 3.05) is 0 Å². The van der Waals surface area contributed by atoms with E-state index in [0.29, 0.717) is 11.4 Å². The third kappa shape index (κ3) is 3.81. The van der Waals surface area contributed by atoms with Gasteiger partial charge in [0.05, 0.1) is 11.6 Å². The van der Waals surface area contributed by atoms with E-state index in [1.807, 2.05) is 0 Å². The third-order valence-electron chi connectivity index (χ3n) is 4.28. The first-order chi connectivity index (χ1) is 11.8. The summed E-state index contributed by atoms with van der Waals surface area (Å²) in [6, 6.07) is 6.23. The van der Waals surface area contributed by atoms with E-state index in [1.165, 1.54) is 18.3 Å². The normalized spacial score (nSPS) is 15.7. The molecule has 0 aliphatic heterocycles. The Morgan fingerprint density at radius 2 is 2.00 bits per heavy atom. The van der Waals surface area contributed by atoms with Gasteiger partial charge < -0.3 is 4.90 Å². The second kappa shape index (κ2) is 6.46. The highest BCUT2D eigenvalue weighted by Crippen LogP contribution is 2.37. The summed E-state index contributed by atoms with van der Waals surface area (Å²) in [7, 11) is 0. The summed E-state index contributed by atoms with van der Waals surface area (Å²) < 4.78 is 38.9. The number of nitrogens with zero attached hydrogens (tertiary/aromatic N) is 3. The molecule has 1 heterocycles. The standard InChI is InChI=1S/C18H18F3N3O/c1-11(13-4-3-5-14(10-13)18(19,20)21)24(15-6-7-15)17(25)16-8-9-22-12(2)23-16/h3-5,8-11,15H,6-7H2,1-2H3. The number of rotatable bonds is 4. The fraction of sp³-hybridized carbons (Fsp3) is 0.389. The Labute approximate surface area is 143 Å². The molecule has 2 aromatic rings. The third-order valence-corrected chi connectivity index (χ3v) is 4.28. The van der Waals surface area contributed by atoms with Gasteiger partial charge in [-0.25, -0.2) is 9.97 Å². The minimum Gasteiger partial charge on any atom is -0.328 e. The molecule has 25 heavy (non-hydrogen) atoms. The quantitative estimate of drug-likeness (QED) is 0.832. The van der Waals surface area contributed by atoms with Gasteiger partial charge in [-0.15, -0.1) is 0 Å². The van der Waals surface area contributed by atoms with Gasteiger partial charge in [-0.1, -0.05) is 12.1 Å². The molecule has 0 N–H and O–H groups in total. The topological polar surface area (TPSA) is 46.1 Å². The SMILES string of the molecule is Cc1nccc(C(=O)N(C2CC2)C(C)c2cccc(C(F)(F)F)c2)n1. The Morgan fingerprint density at radius 3 is 2.60 bits per heavy atom. The van der Waals surface area contributed by atoms with Crippen LogP contribution in [0.3, 0.4) is 0 Å². The van der Waals surface area contributed by atoms with E-state index in [9.17, 15) is 18.0 Å². The average Bonchev–Trinajstić information content (AvgIpc) is 3.39. The fourth-order valence-electron chi connectivity index (χ4n) is 2.85. The molecule has 1 unspecified atom stereocenters. The maximum absolute atomic E-state index is 13.0. The Hall–Kier alpha value is -2.44. The van der Waals surface area contributed by atoms with E-state index in [-0.39, 0.29) is 17.6 Å². The Morgan fingerprint density at radius 1 is 1.28 bits per heavy atom. The van der Waals surface area contributed by atoms with Crippen LogP contribution in [0.5, 0.6) is 0 Å². The molecule has 1 aliphatic rings. The molecule has 4 nitrogen and oxygen atoms in total. The lowest BCUT2D eigenvalue weighted by molar-refractivity contribution is -0.137. The molecule has 1 fully saturated rings. The number of carbonyl (C=O) groups is 1. The largest absolute Gasteiger partial charge is 0.416 e. The van der Waals surface area contributed by atoms with Crippen molar-refractivity contribution in [2.24, 2.45) is 0 Å². The van der Waals surface area contributed by atoms with E-state index < -0.39 is 17.8 Å². The summed E-state index contributed by atoms with van der Waals surface area (Å²) in [6.45, 7) is 3.44. The Bertz CT molecular complexity index is 787. The summed E-state index contributed by atoms with van der Waals surface area (Å²) in [5, 5.41) is 0. The van der Waals surface area contributed by atoms with E-state index in [4.69, 9.17) is 0 Å². The van der Waals surface area contributed by atoms with Crippen LogP contribution in [-0.4, -0.2) is 26.8 Å². The molecule has 1 atom stereocenters. The number of hydrogen-bond acceptors (Lipinski definition) is 3. The highest BCUT2D eigenvalue weighted by molar-refractivity contribution is 5.93. The minimum atomic E-state index is -4.41. The molecular weight excluding hydrogens is 331 g/mol. The molecule has 1 saturated carbocycles. The van der Waals surface area contributed by atoms with Crippen LogP contribution in [0.1, 0.15) is 53.2 Å². The van der Waals surface area contributed by atoms with Crippen LogP contribution in [0.25, 0.3) is 0 Å². The van der Waals surface area contributed by atoms with Crippen LogP contribution in [0.15, 0.2) is 36.5 Å². The van der Waals surface area contributed by atoms with E-state index in [2.05, 4.69) is 9.97 Å². The van der Waals surface area contributed by atoms with E-state index in [1.54, 1.807) is 24.8 Å². The molecule has 0 bridgehead atoms. The zero-order valence-electron chi connectivity index (χ0n) is 13.9. The lowest BCUT2D eigenvalue weighted by Crippen LogP contribution is -2.36. The molecule has 1 aromatic heterocycles. The monoisotopic (exact) mass is 349 g/mol. The van der Waals surface area contributed by atoms with Gasteiger partial charge in [0, 0.05) is 12.2 Å². The predicted molar refractivity (Wildman–Crippen MR) is 85.8 cm³/mol. The van der Waals surface area contributed by atoms with Crippen molar-refractivity contribution in [1.29, 1.82) is 0 Å². The van der Waals surface area contributed by atoms with Gasteiger partial charge in [-0.3, -0.25) is 4.79 Å². The van der Waals surface area contributed by atoms with Gasteiger partial charge in [-0.2, -0.15) is 13.2 Å². The van der Waals surface area contributed by atoms with Crippen molar-refractivity contribution in [3.8, 4) is 0 Å². The number of aromatic nitrogens is 2. The van der Waals surface area contributed by atoms with Crippen LogP contribution in [-0.2, 0) is 6.18 Å². The number of hydrogen-bond donors (Lipinski definition) is 0. The first kappa shape index (κ1) is 17.4. The zero-order valence-corrected chi connectivity index (χ0v) is 13.9. The van der Waals surface area contributed by atoms with Crippen molar-refractivity contribution < 1.29 is 18.0 Å². The van der Waals surface area contributed by atoms with Gasteiger partial charge in [0.25, 0.3) is 5.91 Å². The fourth-order valence-corrected chi connectivity index (χ4v) is 2.85. The van der Waals surface area contributed by atoms with Crippen molar-refractivity contribution in [3.63, 3.8) is 0 Å². The van der Waals surface area contributed by atoms with E-state index >= 15 is 0 Å². The van der Waals surface area contributed by atoms with Crippen LogP contribution in [0.4, 0.5) is 13.2 Å². The maximum atomic E-state index is 13.0. The molecule has 132 valence electrons. The van der Waals surface area contributed by atoms with Crippen molar-refractivity contribution in [2.45, 2.75) is 44.9 Å². The highest BCUT2D eigenvalue weighted by atomic mass is 19.4. The molecule has 1 amide bonds. The Kier molecular flexibility index (Phi) is 4.49. The summed E-state index contributed by atoms with van der Waals surface area (Å²) in [4.78, 5) is 22.7. The second-order valence-corrected chi connectivity index (χ2v) is 6.23.